The van der Waals surface area contributed by atoms with E-state index >= 15 is 0 Å². The first-order chi connectivity index (χ1) is 10.3. The molecule has 0 radical (unpaired) electrons. The van der Waals surface area contributed by atoms with E-state index in [1.165, 1.54) is 18.2 Å². The number of thioether (sulfide) groups is 1. The van der Waals surface area contributed by atoms with Crippen LogP contribution in [0.3, 0.4) is 0 Å². The van der Waals surface area contributed by atoms with Crippen LogP contribution in [0.25, 0.3) is 0 Å². The van der Waals surface area contributed by atoms with E-state index in [4.69, 9.17) is 5.73 Å². The maximum absolute atomic E-state index is 12.3. The standard InChI is InChI=1S/C14H19F3N2O2S.ClH/c1-22-9-7-11(18)13(20)19-8-6-10-4-2-3-5-12(10)21-14(15,16)17;/h2-5,11H,6-9,18H2,1H3,(H,19,20);1H/t11-;/m0./s1. The molecule has 0 aliphatic rings. The zero-order valence-corrected chi connectivity index (χ0v) is 14.2. The smallest absolute Gasteiger partial charge is 0.406 e. The van der Waals surface area contributed by atoms with Gasteiger partial charge >= 0.3 is 6.36 Å². The van der Waals surface area contributed by atoms with Crippen molar-refractivity contribution in [1.82, 2.24) is 5.32 Å². The van der Waals surface area contributed by atoms with Gasteiger partial charge in [0, 0.05) is 6.54 Å². The monoisotopic (exact) mass is 372 g/mol. The van der Waals surface area contributed by atoms with Crippen LogP contribution in [0.15, 0.2) is 24.3 Å². The molecule has 1 rings (SSSR count). The first-order valence-electron chi connectivity index (χ1n) is 6.69. The lowest BCUT2D eigenvalue weighted by atomic mass is 10.1. The summed E-state index contributed by atoms with van der Waals surface area (Å²) in [7, 11) is 0. The van der Waals surface area contributed by atoms with Gasteiger partial charge in [-0.05, 0) is 36.5 Å². The Hall–Kier alpha value is -1.12. The minimum absolute atomic E-state index is 0. The van der Waals surface area contributed by atoms with Crippen molar-refractivity contribution in [1.29, 1.82) is 0 Å². The molecule has 1 atom stereocenters. The summed E-state index contributed by atoms with van der Waals surface area (Å²) in [5.41, 5.74) is 6.07. The SMILES string of the molecule is CSCC[C@H](N)C(=O)NCCc1ccccc1OC(F)(F)F.Cl. The molecule has 0 saturated heterocycles. The fourth-order valence-electron chi connectivity index (χ4n) is 1.76. The van der Waals surface area contributed by atoms with Crippen LogP contribution < -0.4 is 15.8 Å². The van der Waals surface area contributed by atoms with Crippen LogP contribution in [0.2, 0.25) is 0 Å². The van der Waals surface area contributed by atoms with Crippen LogP contribution in [-0.4, -0.2) is 36.9 Å². The molecule has 1 aromatic rings. The minimum atomic E-state index is -4.74. The molecule has 1 amide bonds. The van der Waals surface area contributed by atoms with Gasteiger partial charge in [0.25, 0.3) is 0 Å². The van der Waals surface area contributed by atoms with E-state index in [2.05, 4.69) is 10.1 Å². The van der Waals surface area contributed by atoms with Crippen LogP contribution in [-0.2, 0) is 11.2 Å². The van der Waals surface area contributed by atoms with E-state index in [0.717, 1.165) is 5.75 Å². The van der Waals surface area contributed by atoms with E-state index in [0.29, 0.717) is 12.0 Å². The molecule has 0 unspecified atom stereocenters. The molecule has 132 valence electrons. The maximum atomic E-state index is 12.3. The number of nitrogens with two attached hydrogens (primary N) is 1. The molecule has 1 aromatic carbocycles. The fourth-order valence-corrected chi connectivity index (χ4v) is 2.25. The van der Waals surface area contributed by atoms with Crippen molar-refractivity contribution in [3.05, 3.63) is 29.8 Å². The number of ether oxygens (including phenoxy) is 1. The number of carbonyl (C=O) groups excluding carboxylic acids is 1. The number of benzene rings is 1. The molecule has 0 bridgehead atoms. The Balaban J connectivity index is 0.00000484. The molecule has 3 N–H and O–H groups in total. The number of rotatable bonds is 8. The van der Waals surface area contributed by atoms with Gasteiger partial charge in [-0.15, -0.1) is 25.6 Å². The molecule has 0 fully saturated rings. The topological polar surface area (TPSA) is 64.4 Å². The highest BCUT2D eigenvalue weighted by Gasteiger charge is 2.31. The molecule has 4 nitrogen and oxygen atoms in total. The van der Waals surface area contributed by atoms with Crippen molar-refractivity contribution < 1.29 is 22.7 Å². The van der Waals surface area contributed by atoms with E-state index in [1.807, 2.05) is 6.26 Å². The largest absolute Gasteiger partial charge is 0.573 e. The molecule has 0 aromatic heterocycles. The second kappa shape index (κ2) is 10.6. The number of halogens is 4. The van der Waals surface area contributed by atoms with Crippen molar-refractivity contribution in [3.8, 4) is 5.75 Å². The Morgan fingerprint density at radius 3 is 2.65 bits per heavy atom. The Morgan fingerprint density at radius 2 is 2.04 bits per heavy atom. The molecule has 23 heavy (non-hydrogen) atoms. The Labute approximate surface area is 143 Å². The normalized spacial score (nSPS) is 12.2. The van der Waals surface area contributed by atoms with Crippen molar-refractivity contribution >= 4 is 30.1 Å². The summed E-state index contributed by atoms with van der Waals surface area (Å²) in [6, 6.07) is 5.25. The van der Waals surface area contributed by atoms with Crippen molar-refractivity contribution in [3.63, 3.8) is 0 Å². The van der Waals surface area contributed by atoms with E-state index in [1.54, 1.807) is 17.8 Å². The Kier molecular flexibility index (Phi) is 10.1. The number of amides is 1. The number of carbonyl (C=O) groups is 1. The highest BCUT2D eigenvalue weighted by Crippen LogP contribution is 2.26. The summed E-state index contributed by atoms with van der Waals surface area (Å²) in [4.78, 5) is 11.7. The van der Waals surface area contributed by atoms with Gasteiger partial charge in [-0.3, -0.25) is 4.79 Å². The van der Waals surface area contributed by atoms with E-state index in [9.17, 15) is 18.0 Å². The quantitative estimate of drug-likeness (QED) is 0.736. The predicted molar refractivity (Wildman–Crippen MR) is 88.1 cm³/mol. The van der Waals surface area contributed by atoms with Gasteiger partial charge in [0.05, 0.1) is 6.04 Å². The third kappa shape index (κ3) is 8.92. The zero-order valence-electron chi connectivity index (χ0n) is 12.6. The van der Waals surface area contributed by atoms with Crippen LogP contribution >= 0.6 is 24.2 Å². The third-order valence-electron chi connectivity index (χ3n) is 2.86. The van der Waals surface area contributed by atoms with Crippen LogP contribution in [0, 0.1) is 0 Å². The van der Waals surface area contributed by atoms with Crippen molar-refractivity contribution in [2.24, 2.45) is 5.73 Å². The Morgan fingerprint density at radius 1 is 1.39 bits per heavy atom. The lowest BCUT2D eigenvalue weighted by molar-refractivity contribution is -0.274. The molecule has 9 heteroatoms. The van der Waals surface area contributed by atoms with E-state index < -0.39 is 12.4 Å². The summed E-state index contributed by atoms with van der Waals surface area (Å²) < 4.78 is 40.8. The summed E-state index contributed by atoms with van der Waals surface area (Å²) in [6.07, 6.45) is -2.03. The number of hydrogen-bond acceptors (Lipinski definition) is 4. The second-order valence-electron chi connectivity index (χ2n) is 4.58. The molecule has 0 aliphatic heterocycles. The maximum Gasteiger partial charge on any atom is 0.573 e. The fraction of sp³-hybridized carbons (Fsp3) is 0.500. The van der Waals surface area contributed by atoms with E-state index in [-0.39, 0.29) is 37.0 Å². The number of alkyl halides is 3. The van der Waals surface area contributed by atoms with Crippen LogP contribution in [0.5, 0.6) is 5.75 Å². The van der Waals surface area contributed by atoms with Gasteiger partial charge in [0.1, 0.15) is 5.75 Å². The summed E-state index contributed by atoms with van der Waals surface area (Å²) in [5.74, 6) is 0.218. The van der Waals surface area contributed by atoms with Gasteiger partial charge < -0.3 is 15.8 Å². The Bertz CT molecular complexity index is 489. The summed E-state index contributed by atoms with van der Waals surface area (Å²) in [6.45, 7) is 0.198. The first-order valence-corrected chi connectivity index (χ1v) is 8.08. The lowest BCUT2D eigenvalue weighted by Gasteiger charge is -2.14. The molecular formula is C14H20ClF3N2O2S. The van der Waals surface area contributed by atoms with Gasteiger partial charge in [-0.2, -0.15) is 11.8 Å². The number of para-hydroxylation sites is 1. The average Bonchev–Trinajstić information content (AvgIpc) is 2.44. The molecule has 0 aliphatic carbocycles. The summed E-state index contributed by atoms with van der Waals surface area (Å²) >= 11 is 1.59. The summed E-state index contributed by atoms with van der Waals surface area (Å²) in [5, 5.41) is 2.62. The van der Waals surface area contributed by atoms with Gasteiger partial charge in [-0.25, -0.2) is 0 Å². The second-order valence-corrected chi connectivity index (χ2v) is 5.57. The van der Waals surface area contributed by atoms with Gasteiger partial charge in [0.2, 0.25) is 5.91 Å². The van der Waals surface area contributed by atoms with Crippen molar-refractivity contribution in [2.45, 2.75) is 25.2 Å². The van der Waals surface area contributed by atoms with Crippen molar-refractivity contribution in [2.75, 3.05) is 18.6 Å². The third-order valence-corrected chi connectivity index (χ3v) is 3.51. The predicted octanol–water partition coefficient (Wildman–Crippen LogP) is 2.75. The van der Waals surface area contributed by atoms with Crippen LogP contribution in [0.1, 0.15) is 12.0 Å². The molecule has 0 heterocycles. The van der Waals surface area contributed by atoms with Gasteiger partial charge in [0.15, 0.2) is 0 Å². The molecule has 0 spiro atoms. The molecular weight excluding hydrogens is 353 g/mol. The van der Waals surface area contributed by atoms with Crippen LogP contribution in [0.4, 0.5) is 13.2 Å². The van der Waals surface area contributed by atoms with Gasteiger partial charge in [-0.1, -0.05) is 18.2 Å². The molecule has 0 saturated carbocycles. The number of nitrogens with one attached hydrogen (secondary N) is 1. The first kappa shape index (κ1) is 21.9. The zero-order chi connectivity index (χ0) is 16.6. The average molecular weight is 373 g/mol. The lowest BCUT2D eigenvalue weighted by Crippen LogP contribution is -2.41. The minimum Gasteiger partial charge on any atom is -0.406 e. The highest BCUT2D eigenvalue weighted by atomic mass is 35.5. The highest BCUT2D eigenvalue weighted by molar-refractivity contribution is 7.98. The number of hydrogen-bond donors (Lipinski definition) is 2.